The van der Waals surface area contributed by atoms with Crippen LogP contribution < -0.4 is 4.74 Å². The van der Waals surface area contributed by atoms with E-state index in [4.69, 9.17) is 4.74 Å². The molecular weight excluding hydrogens is 294 g/mol. The Morgan fingerprint density at radius 2 is 1.87 bits per heavy atom. The van der Waals surface area contributed by atoms with Gasteiger partial charge in [-0.1, -0.05) is 24.3 Å². The Bertz CT molecular complexity index is 771. The number of nitrogens with zero attached hydrogens (tertiary/aromatic N) is 1. The van der Waals surface area contributed by atoms with E-state index >= 15 is 0 Å². The number of methoxy groups -OCH3 is 1. The van der Waals surface area contributed by atoms with E-state index in [2.05, 4.69) is 0 Å². The molecule has 3 rings (SSSR count). The van der Waals surface area contributed by atoms with E-state index in [1.165, 1.54) is 0 Å². The van der Waals surface area contributed by atoms with E-state index in [1.807, 2.05) is 24.3 Å². The van der Waals surface area contributed by atoms with Gasteiger partial charge < -0.3 is 14.7 Å². The summed E-state index contributed by atoms with van der Waals surface area (Å²) in [5.74, 6) is -0.744. The summed E-state index contributed by atoms with van der Waals surface area (Å²) in [6, 6.07) is 10.8. The SMILES string of the molecule is COc1ccc(C(=O)N2CCC(C(=O)O)C2C)c2ccccc12. The molecule has 5 heteroatoms. The van der Waals surface area contributed by atoms with Crippen molar-refractivity contribution in [1.29, 1.82) is 0 Å². The molecule has 2 unspecified atom stereocenters. The van der Waals surface area contributed by atoms with Crippen molar-refractivity contribution in [2.75, 3.05) is 13.7 Å². The van der Waals surface area contributed by atoms with Crippen molar-refractivity contribution in [3.63, 3.8) is 0 Å². The van der Waals surface area contributed by atoms with Crippen LogP contribution >= 0.6 is 0 Å². The number of carbonyl (C=O) groups excluding carboxylic acids is 1. The van der Waals surface area contributed by atoms with E-state index in [0.29, 0.717) is 18.5 Å². The van der Waals surface area contributed by atoms with Crippen LogP contribution in [0.1, 0.15) is 23.7 Å². The molecular formula is C18H19NO4. The highest BCUT2D eigenvalue weighted by Crippen LogP contribution is 2.32. The molecule has 0 saturated carbocycles. The number of carboxylic acid groups (broad SMARTS) is 1. The van der Waals surface area contributed by atoms with Gasteiger partial charge in [-0.25, -0.2) is 0 Å². The molecule has 0 aliphatic carbocycles. The van der Waals surface area contributed by atoms with Crippen LogP contribution in [-0.4, -0.2) is 41.6 Å². The van der Waals surface area contributed by atoms with E-state index < -0.39 is 11.9 Å². The second-order valence-corrected chi connectivity index (χ2v) is 5.83. The first-order chi connectivity index (χ1) is 11.0. The lowest BCUT2D eigenvalue weighted by atomic mass is 10.0. The highest BCUT2D eigenvalue weighted by molar-refractivity contribution is 6.08. The van der Waals surface area contributed by atoms with Crippen LogP contribution in [-0.2, 0) is 4.79 Å². The van der Waals surface area contributed by atoms with E-state index in [9.17, 15) is 14.7 Å². The van der Waals surface area contributed by atoms with Gasteiger partial charge in [0.25, 0.3) is 5.91 Å². The number of ether oxygens (including phenoxy) is 1. The summed E-state index contributed by atoms with van der Waals surface area (Å²) >= 11 is 0. The van der Waals surface area contributed by atoms with Gasteiger partial charge in [-0.2, -0.15) is 0 Å². The highest BCUT2D eigenvalue weighted by Gasteiger charge is 2.38. The number of benzene rings is 2. The van der Waals surface area contributed by atoms with Gasteiger partial charge in [0.15, 0.2) is 0 Å². The maximum Gasteiger partial charge on any atom is 0.308 e. The zero-order valence-corrected chi connectivity index (χ0v) is 13.2. The molecule has 0 aromatic heterocycles. The van der Waals surface area contributed by atoms with Crippen LogP contribution in [0.15, 0.2) is 36.4 Å². The average molecular weight is 313 g/mol. The minimum atomic E-state index is -0.840. The fraction of sp³-hybridized carbons (Fsp3) is 0.333. The third kappa shape index (κ3) is 2.52. The Morgan fingerprint density at radius 1 is 1.17 bits per heavy atom. The molecule has 1 fully saturated rings. The average Bonchev–Trinajstić information content (AvgIpc) is 2.95. The third-order valence-electron chi connectivity index (χ3n) is 4.67. The summed E-state index contributed by atoms with van der Waals surface area (Å²) in [6.45, 7) is 2.27. The summed E-state index contributed by atoms with van der Waals surface area (Å²) in [5, 5.41) is 10.9. The number of hydrogen-bond acceptors (Lipinski definition) is 3. The second kappa shape index (κ2) is 5.91. The highest BCUT2D eigenvalue weighted by atomic mass is 16.5. The van der Waals surface area contributed by atoms with Crippen LogP contribution in [0.3, 0.4) is 0 Å². The van der Waals surface area contributed by atoms with Crippen molar-refractivity contribution in [3.8, 4) is 5.75 Å². The molecule has 5 nitrogen and oxygen atoms in total. The van der Waals surface area contributed by atoms with Gasteiger partial charge in [0.2, 0.25) is 0 Å². The minimum absolute atomic E-state index is 0.125. The Kier molecular flexibility index (Phi) is 3.94. The van der Waals surface area contributed by atoms with Crippen LogP contribution in [0.25, 0.3) is 10.8 Å². The molecule has 23 heavy (non-hydrogen) atoms. The minimum Gasteiger partial charge on any atom is -0.496 e. The molecule has 1 aliphatic heterocycles. The predicted molar refractivity (Wildman–Crippen MR) is 86.7 cm³/mol. The molecule has 2 aromatic carbocycles. The number of hydrogen-bond donors (Lipinski definition) is 1. The summed E-state index contributed by atoms with van der Waals surface area (Å²) in [7, 11) is 1.60. The van der Waals surface area contributed by atoms with Gasteiger partial charge in [0.1, 0.15) is 5.75 Å². The monoisotopic (exact) mass is 313 g/mol. The lowest BCUT2D eigenvalue weighted by molar-refractivity contribution is -0.142. The van der Waals surface area contributed by atoms with E-state index in [-0.39, 0.29) is 11.9 Å². The smallest absolute Gasteiger partial charge is 0.308 e. The molecule has 1 saturated heterocycles. The van der Waals surface area contributed by atoms with Gasteiger partial charge in [0, 0.05) is 23.5 Å². The Morgan fingerprint density at radius 3 is 2.48 bits per heavy atom. The summed E-state index contributed by atoms with van der Waals surface area (Å²) in [6.07, 6.45) is 0.496. The van der Waals surface area contributed by atoms with Crippen LogP contribution in [0.2, 0.25) is 0 Å². The Hall–Kier alpha value is -2.56. The van der Waals surface area contributed by atoms with Gasteiger partial charge >= 0.3 is 5.97 Å². The summed E-state index contributed by atoms with van der Waals surface area (Å²) in [5.41, 5.74) is 0.583. The molecule has 120 valence electrons. The number of carboxylic acids is 1. The number of aliphatic carboxylic acids is 1. The zero-order valence-electron chi connectivity index (χ0n) is 13.2. The van der Waals surface area contributed by atoms with Gasteiger partial charge in [-0.05, 0) is 30.9 Å². The topological polar surface area (TPSA) is 66.8 Å². The first kappa shape index (κ1) is 15.3. The largest absolute Gasteiger partial charge is 0.496 e. The van der Waals surface area contributed by atoms with Gasteiger partial charge in [-0.3, -0.25) is 9.59 Å². The zero-order chi connectivity index (χ0) is 16.6. The Labute approximate surface area is 134 Å². The van der Waals surface area contributed by atoms with Crippen LogP contribution in [0, 0.1) is 5.92 Å². The fourth-order valence-corrected chi connectivity index (χ4v) is 3.35. The van der Waals surface area contributed by atoms with Crippen molar-refractivity contribution in [1.82, 2.24) is 4.90 Å². The molecule has 0 radical (unpaired) electrons. The maximum absolute atomic E-state index is 12.9. The fourth-order valence-electron chi connectivity index (χ4n) is 3.35. The van der Waals surface area contributed by atoms with Crippen molar-refractivity contribution in [3.05, 3.63) is 42.0 Å². The van der Waals surface area contributed by atoms with Crippen LogP contribution in [0.4, 0.5) is 0 Å². The molecule has 0 spiro atoms. The lowest BCUT2D eigenvalue weighted by Gasteiger charge is -2.24. The number of carbonyl (C=O) groups is 2. The van der Waals surface area contributed by atoms with Crippen molar-refractivity contribution in [2.24, 2.45) is 5.92 Å². The maximum atomic E-state index is 12.9. The second-order valence-electron chi connectivity index (χ2n) is 5.83. The number of rotatable bonds is 3. The molecule has 2 aromatic rings. The van der Waals surface area contributed by atoms with Gasteiger partial charge in [0.05, 0.1) is 13.0 Å². The molecule has 1 N–H and O–H groups in total. The number of fused-ring (bicyclic) bond motifs is 1. The van der Waals surface area contributed by atoms with Gasteiger partial charge in [-0.15, -0.1) is 0 Å². The lowest BCUT2D eigenvalue weighted by Crippen LogP contribution is -2.37. The summed E-state index contributed by atoms with van der Waals surface area (Å²) in [4.78, 5) is 25.8. The molecule has 2 atom stereocenters. The van der Waals surface area contributed by atoms with E-state index in [0.717, 1.165) is 16.5 Å². The third-order valence-corrected chi connectivity index (χ3v) is 4.67. The number of likely N-dealkylation sites (tertiary alicyclic amines) is 1. The van der Waals surface area contributed by atoms with Crippen LogP contribution in [0.5, 0.6) is 5.75 Å². The summed E-state index contributed by atoms with van der Waals surface area (Å²) < 4.78 is 5.35. The Balaban J connectivity index is 2.01. The first-order valence-corrected chi connectivity index (χ1v) is 7.64. The molecule has 0 bridgehead atoms. The first-order valence-electron chi connectivity index (χ1n) is 7.64. The van der Waals surface area contributed by atoms with E-state index in [1.54, 1.807) is 31.1 Å². The number of amides is 1. The molecule has 1 heterocycles. The van der Waals surface area contributed by atoms with Crippen molar-refractivity contribution >= 4 is 22.6 Å². The molecule has 1 amide bonds. The van der Waals surface area contributed by atoms with Crippen molar-refractivity contribution < 1.29 is 19.4 Å². The normalized spacial score (nSPS) is 20.7. The predicted octanol–water partition coefficient (Wildman–Crippen LogP) is 2.78. The van der Waals surface area contributed by atoms with Crippen molar-refractivity contribution in [2.45, 2.75) is 19.4 Å². The quantitative estimate of drug-likeness (QED) is 0.946. The molecule has 1 aliphatic rings. The standard InChI is InChI=1S/C18H19NO4/c1-11-12(18(21)22)9-10-19(11)17(20)15-7-8-16(23-2)14-6-4-3-5-13(14)15/h3-8,11-12H,9-10H2,1-2H3,(H,21,22).